The van der Waals surface area contributed by atoms with E-state index < -0.39 is 4.92 Å². The summed E-state index contributed by atoms with van der Waals surface area (Å²) >= 11 is 1.83. The van der Waals surface area contributed by atoms with Crippen LogP contribution in [0.1, 0.15) is 12.0 Å². The summed E-state index contributed by atoms with van der Waals surface area (Å²) in [4.78, 5) is 22.3. The summed E-state index contributed by atoms with van der Waals surface area (Å²) < 4.78 is 0. The molecular weight excluding hydrogens is 314 g/mol. The van der Waals surface area contributed by atoms with Crippen molar-refractivity contribution >= 4 is 41.5 Å². The number of nitrogens with one attached hydrogen (secondary N) is 2. The molecule has 8 heteroatoms. The van der Waals surface area contributed by atoms with Gasteiger partial charge in [-0.15, -0.1) is 12.4 Å². The van der Waals surface area contributed by atoms with Crippen molar-refractivity contribution in [2.24, 2.45) is 0 Å². The zero-order valence-electron chi connectivity index (χ0n) is 11.6. The zero-order chi connectivity index (χ0) is 14.5. The number of nitro groups is 1. The number of rotatable bonds is 4. The SMILES string of the molecule is Cc1ccc(NC(=O)CC2CSCCN2)cc1[N+](=O)[O-].Cl. The molecule has 0 aromatic heterocycles. The van der Waals surface area contributed by atoms with Crippen LogP contribution in [0.5, 0.6) is 0 Å². The Kier molecular flexibility index (Phi) is 6.94. The van der Waals surface area contributed by atoms with E-state index in [0.29, 0.717) is 17.7 Å². The molecule has 0 radical (unpaired) electrons. The van der Waals surface area contributed by atoms with E-state index in [2.05, 4.69) is 10.6 Å². The highest BCUT2D eigenvalue weighted by Crippen LogP contribution is 2.22. The number of anilines is 1. The molecule has 0 spiro atoms. The first-order chi connectivity index (χ1) is 9.56. The minimum absolute atomic E-state index is 0. The monoisotopic (exact) mass is 331 g/mol. The van der Waals surface area contributed by atoms with Crippen molar-refractivity contribution in [2.75, 3.05) is 23.4 Å². The predicted molar refractivity (Wildman–Crippen MR) is 87.4 cm³/mol. The van der Waals surface area contributed by atoms with Crippen molar-refractivity contribution in [3.8, 4) is 0 Å². The van der Waals surface area contributed by atoms with E-state index in [4.69, 9.17) is 0 Å². The average Bonchev–Trinajstić information content (AvgIpc) is 2.41. The van der Waals surface area contributed by atoms with E-state index in [-0.39, 0.29) is 30.0 Å². The summed E-state index contributed by atoms with van der Waals surface area (Å²) in [6.45, 7) is 2.59. The Morgan fingerprint density at radius 1 is 1.57 bits per heavy atom. The Morgan fingerprint density at radius 3 is 2.95 bits per heavy atom. The van der Waals surface area contributed by atoms with E-state index in [1.54, 1.807) is 19.1 Å². The molecule has 1 aromatic carbocycles. The fraction of sp³-hybridized carbons (Fsp3) is 0.462. The summed E-state index contributed by atoms with van der Waals surface area (Å²) in [6.07, 6.45) is 0.384. The number of nitrogens with zero attached hydrogens (tertiary/aromatic N) is 1. The van der Waals surface area contributed by atoms with Gasteiger partial charge in [0.1, 0.15) is 0 Å². The minimum Gasteiger partial charge on any atom is -0.326 e. The fourth-order valence-corrected chi connectivity index (χ4v) is 3.02. The third-order valence-electron chi connectivity index (χ3n) is 3.12. The molecule has 0 bridgehead atoms. The van der Waals surface area contributed by atoms with Gasteiger partial charge in [-0.25, -0.2) is 0 Å². The molecule has 0 saturated carbocycles. The van der Waals surface area contributed by atoms with Crippen LogP contribution in [0, 0.1) is 17.0 Å². The lowest BCUT2D eigenvalue weighted by molar-refractivity contribution is -0.385. The quantitative estimate of drug-likeness (QED) is 0.653. The summed E-state index contributed by atoms with van der Waals surface area (Å²) in [5.41, 5.74) is 1.07. The Bertz CT molecular complexity index is 521. The van der Waals surface area contributed by atoms with E-state index in [9.17, 15) is 14.9 Å². The number of thioether (sulfide) groups is 1. The largest absolute Gasteiger partial charge is 0.326 e. The smallest absolute Gasteiger partial charge is 0.274 e. The third kappa shape index (κ3) is 5.18. The van der Waals surface area contributed by atoms with Crippen molar-refractivity contribution in [3.63, 3.8) is 0 Å². The van der Waals surface area contributed by atoms with Gasteiger partial charge in [-0.2, -0.15) is 11.8 Å². The molecule has 1 aromatic rings. The highest BCUT2D eigenvalue weighted by molar-refractivity contribution is 7.99. The van der Waals surface area contributed by atoms with Gasteiger partial charge >= 0.3 is 0 Å². The molecule has 1 aliphatic heterocycles. The van der Waals surface area contributed by atoms with Gasteiger partial charge in [0.25, 0.3) is 5.69 Å². The number of carbonyl (C=O) groups excluding carboxylic acids is 1. The highest BCUT2D eigenvalue weighted by Gasteiger charge is 2.17. The Morgan fingerprint density at radius 2 is 2.33 bits per heavy atom. The predicted octanol–water partition coefficient (Wildman–Crippen LogP) is 2.36. The molecule has 0 aliphatic carbocycles. The van der Waals surface area contributed by atoms with Crippen LogP contribution in [0.15, 0.2) is 18.2 Å². The molecule has 1 atom stereocenters. The molecule has 116 valence electrons. The first-order valence-electron chi connectivity index (χ1n) is 6.42. The fourth-order valence-electron chi connectivity index (χ4n) is 2.07. The van der Waals surface area contributed by atoms with Crippen LogP contribution in [0.25, 0.3) is 0 Å². The molecule has 1 unspecified atom stereocenters. The molecule has 2 rings (SSSR count). The van der Waals surface area contributed by atoms with Crippen LogP contribution in [0.4, 0.5) is 11.4 Å². The van der Waals surface area contributed by atoms with E-state index in [0.717, 1.165) is 18.1 Å². The van der Waals surface area contributed by atoms with Crippen LogP contribution in [0.3, 0.4) is 0 Å². The number of halogens is 1. The maximum atomic E-state index is 11.9. The second-order valence-electron chi connectivity index (χ2n) is 4.74. The molecule has 1 heterocycles. The van der Waals surface area contributed by atoms with E-state index >= 15 is 0 Å². The zero-order valence-corrected chi connectivity index (χ0v) is 13.3. The molecule has 1 amide bonds. The Balaban J connectivity index is 0.00000220. The van der Waals surface area contributed by atoms with Crippen LogP contribution < -0.4 is 10.6 Å². The number of amides is 1. The third-order valence-corrected chi connectivity index (χ3v) is 4.25. The maximum Gasteiger partial charge on any atom is 0.274 e. The molecule has 1 aliphatic rings. The second-order valence-corrected chi connectivity index (χ2v) is 5.89. The average molecular weight is 332 g/mol. The number of carbonyl (C=O) groups is 1. The van der Waals surface area contributed by atoms with Gasteiger partial charge in [0.2, 0.25) is 5.91 Å². The first kappa shape index (κ1) is 17.7. The summed E-state index contributed by atoms with van der Waals surface area (Å²) in [5.74, 6) is 1.87. The minimum atomic E-state index is -0.440. The van der Waals surface area contributed by atoms with Gasteiger partial charge in [-0.3, -0.25) is 14.9 Å². The van der Waals surface area contributed by atoms with Gasteiger partial charge in [-0.05, 0) is 13.0 Å². The van der Waals surface area contributed by atoms with E-state index in [1.165, 1.54) is 6.07 Å². The Labute approximate surface area is 133 Å². The molecule has 2 N–H and O–H groups in total. The van der Waals surface area contributed by atoms with Crippen LogP contribution in [-0.2, 0) is 4.79 Å². The van der Waals surface area contributed by atoms with Crippen molar-refractivity contribution in [2.45, 2.75) is 19.4 Å². The molecule has 1 saturated heterocycles. The molecular formula is C13H18ClN3O3S. The number of benzene rings is 1. The van der Waals surface area contributed by atoms with Crippen molar-refractivity contribution in [3.05, 3.63) is 33.9 Å². The van der Waals surface area contributed by atoms with Gasteiger partial charge in [-0.1, -0.05) is 6.07 Å². The van der Waals surface area contributed by atoms with Gasteiger partial charge in [0.05, 0.1) is 4.92 Å². The second kappa shape index (κ2) is 8.21. The lowest BCUT2D eigenvalue weighted by Crippen LogP contribution is -2.39. The topological polar surface area (TPSA) is 84.3 Å². The summed E-state index contributed by atoms with van der Waals surface area (Å²) in [5, 5.41) is 16.9. The first-order valence-corrected chi connectivity index (χ1v) is 7.58. The highest BCUT2D eigenvalue weighted by atomic mass is 35.5. The number of aryl methyl sites for hydroxylation is 1. The molecule has 21 heavy (non-hydrogen) atoms. The summed E-state index contributed by atoms with van der Waals surface area (Å²) in [6, 6.07) is 4.90. The van der Waals surface area contributed by atoms with Crippen molar-refractivity contribution in [1.29, 1.82) is 0 Å². The standard InChI is InChI=1S/C13H17N3O3S.ClH/c1-9-2-3-10(6-12(9)16(18)19)15-13(17)7-11-8-20-5-4-14-11;/h2-3,6,11,14H,4-5,7-8H2,1H3,(H,15,17);1H. The summed E-state index contributed by atoms with van der Waals surface area (Å²) in [7, 11) is 0. The number of hydrogen-bond donors (Lipinski definition) is 2. The van der Waals surface area contributed by atoms with Crippen molar-refractivity contribution in [1.82, 2.24) is 5.32 Å². The van der Waals surface area contributed by atoms with Crippen molar-refractivity contribution < 1.29 is 9.72 Å². The molecule has 6 nitrogen and oxygen atoms in total. The number of hydrogen-bond acceptors (Lipinski definition) is 5. The molecule has 1 fully saturated rings. The van der Waals surface area contributed by atoms with Crippen LogP contribution in [-0.4, -0.2) is 34.9 Å². The number of nitro benzene ring substituents is 1. The Hall–Kier alpha value is -1.31. The van der Waals surface area contributed by atoms with Crippen LogP contribution in [0.2, 0.25) is 0 Å². The van der Waals surface area contributed by atoms with Gasteiger partial charge in [0, 0.05) is 47.8 Å². The van der Waals surface area contributed by atoms with Crippen LogP contribution >= 0.6 is 24.2 Å². The maximum absolute atomic E-state index is 11.9. The van der Waals surface area contributed by atoms with Gasteiger partial charge < -0.3 is 10.6 Å². The normalized spacial score (nSPS) is 17.7. The van der Waals surface area contributed by atoms with Gasteiger partial charge in [0.15, 0.2) is 0 Å². The lowest BCUT2D eigenvalue weighted by atomic mass is 10.1. The van der Waals surface area contributed by atoms with E-state index in [1.807, 2.05) is 11.8 Å². The lowest BCUT2D eigenvalue weighted by Gasteiger charge is -2.22.